The van der Waals surface area contributed by atoms with Crippen LogP contribution in [0.25, 0.3) is 0 Å². The molecule has 1 aromatic carbocycles. The highest BCUT2D eigenvalue weighted by atomic mass is 32.2. The summed E-state index contributed by atoms with van der Waals surface area (Å²) < 4.78 is 27.1. The molecule has 0 unspecified atom stereocenters. The molecule has 0 heterocycles. The lowest BCUT2D eigenvalue weighted by Crippen LogP contribution is -2.40. The topological polar surface area (TPSA) is 130 Å². The maximum atomic E-state index is 12.3. The number of hydrogen-bond acceptors (Lipinski definition) is 6. The highest BCUT2D eigenvalue weighted by Crippen LogP contribution is 2.28. The van der Waals surface area contributed by atoms with Crippen LogP contribution in [0.5, 0.6) is 0 Å². The Labute approximate surface area is 146 Å². The number of nitrogens with one attached hydrogen (secondary N) is 3. The van der Waals surface area contributed by atoms with Gasteiger partial charge in [0.15, 0.2) is 0 Å². The quantitative estimate of drug-likeness (QED) is 0.491. The van der Waals surface area contributed by atoms with Crippen molar-refractivity contribution in [1.29, 1.82) is 0 Å². The smallest absolute Gasteiger partial charge is 0.293 e. The molecule has 10 heteroatoms. The highest BCUT2D eigenvalue weighted by molar-refractivity contribution is 7.89. The first kappa shape index (κ1) is 19.1. The summed E-state index contributed by atoms with van der Waals surface area (Å²) in [6.45, 7) is 4.90. The Morgan fingerprint density at radius 3 is 2.48 bits per heavy atom. The van der Waals surface area contributed by atoms with Gasteiger partial charge < -0.3 is 10.6 Å². The standard InChI is InChI=1S/C15H22N4O5S/c1-15(2,3)18-25(23,24)11-6-7-12(13(8-11)19(21)22)16-9-14(20)17-10-4-5-10/h6-8,10,16,18H,4-5,9H2,1-3H3,(H,17,20). The van der Waals surface area contributed by atoms with Crippen LogP contribution in [0.2, 0.25) is 0 Å². The van der Waals surface area contributed by atoms with Crippen LogP contribution >= 0.6 is 0 Å². The second-order valence-electron chi connectivity index (χ2n) is 6.99. The van der Waals surface area contributed by atoms with Gasteiger partial charge in [-0.2, -0.15) is 0 Å². The number of carbonyl (C=O) groups excluding carboxylic acids is 1. The molecular weight excluding hydrogens is 348 g/mol. The molecule has 138 valence electrons. The Balaban J connectivity index is 2.19. The number of carbonyl (C=O) groups is 1. The van der Waals surface area contributed by atoms with Gasteiger partial charge in [-0.25, -0.2) is 13.1 Å². The molecule has 0 aromatic heterocycles. The number of benzene rings is 1. The summed E-state index contributed by atoms with van der Waals surface area (Å²) in [7, 11) is -3.89. The molecule has 1 aliphatic rings. The van der Waals surface area contributed by atoms with Gasteiger partial charge in [0, 0.05) is 17.6 Å². The zero-order valence-corrected chi connectivity index (χ0v) is 15.1. The molecule has 1 fully saturated rings. The molecule has 0 spiro atoms. The van der Waals surface area contributed by atoms with Crippen molar-refractivity contribution in [2.75, 3.05) is 11.9 Å². The molecule has 2 rings (SSSR count). The van der Waals surface area contributed by atoms with E-state index in [1.54, 1.807) is 20.8 Å². The molecule has 0 aliphatic heterocycles. The minimum atomic E-state index is -3.89. The lowest BCUT2D eigenvalue weighted by atomic mass is 10.1. The molecule has 0 radical (unpaired) electrons. The summed E-state index contributed by atoms with van der Waals surface area (Å²) in [6.07, 6.45) is 1.89. The maximum Gasteiger partial charge on any atom is 0.293 e. The summed E-state index contributed by atoms with van der Waals surface area (Å²) in [5, 5.41) is 16.7. The predicted molar refractivity (Wildman–Crippen MR) is 92.8 cm³/mol. The fourth-order valence-electron chi connectivity index (χ4n) is 2.12. The Bertz CT molecular complexity index is 782. The first-order valence-corrected chi connectivity index (χ1v) is 9.32. The van der Waals surface area contributed by atoms with E-state index in [4.69, 9.17) is 0 Å². The molecule has 1 aromatic rings. The summed E-state index contributed by atoms with van der Waals surface area (Å²) in [5.41, 5.74) is -1.03. The minimum absolute atomic E-state index is 0.0886. The summed E-state index contributed by atoms with van der Waals surface area (Å²) >= 11 is 0. The van der Waals surface area contributed by atoms with Gasteiger partial charge in [0.05, 0.1) is 16.4 Å². The Kier molecular flexibility index (Phi) is 5.33. The Morgan fingerprint density at radius 2 is 1.96 bits per heavy atom. The average Bonchev–Trinajstić information content (AvgIpc) is 3.26. The first-order valence-electron chi connectivity index (χ1n) is 7.83. The van der Waals surface area contributed by atoms with Crippen LogP contribution in [0, 0.1) is 10.1 Å². The fourth-order valence-corrected chi connectivity index (χ4v) is 3.56. The number of sulfonamides is 1. The Hall–Kier alpha value is -2.20. The van der Waals surface area contributed by atoms with E-state index in [1.807, 2.05) is 0 Å². The fraction of sp³-hybridized carbons (Fsp3) is 0.533. The van der Waals surface area contributed by atoms with Gasteiger partial charge in [-0.05, 0) is 45.7 Å². The third-order valence-electron chi connectivity index (χ3n) is 3.30. The van der Waals surface area contributed by atoms with Gasteiger partial charge in [0.2, 0.25) is 15.9 Å². The van der Waals surface area contributed by atoms with Crippen molar-refractivity contribution in [2.45, 2.75) is 50.1 Å². The zero-order chi connectivity index (χ0) is 18.8. The summed E-state index contributed by atoms with van der Waals surface area (Å²) in [4.78, 5) is 22.1. The molecule has 9 nitrogen and oxygen atoms in total. The van der Waals surface area contributed by atoms with Crippen LogP contribution in [0.15, 0.2) is 23.1 Å². The number of anilines is 1. The van der Waals surface area contributed by atoms with E-state index in [-0.39, 0.29) is 29.1 Å². The monoisotopic (exact) mass is 370 g/mol. The number of amides is 1. The van der Waals surface area contributed by atoms with Gasteiger partial charge in [-0.1, -0.05) is 0 Å². The van der Waals surface area contributed by atoms with E-state index in [9.17, 15) is 23.3 Å². The van der Waals surface area contributed by atoms with Crippen molar-refractivity contribution in [3.05, 3.63) is 28.3 Å². The van der Waals surface area contributed by atoms with Crippen molar-refractivity contribution in [3.8, 4) is 0 Å². The van der Waals surface area contributed by atoms with Gasteiger partial charge >= 0.3 is 0 Å². The van der Waals surface area contributed by atoms with E-state index in [0.717, 1.165) is 18.9 Å². The van der Waals surface area contributed by atoms with Crippen LogP contribution in [0.4, 0.5) is 11.4 Å². The van der Waals surface area contributed by atoms with Crippen molar-refractivity contribution in [2.24, 2.45) is 0 Å². The van der Waals surface area contributed by atoms with E-state index in [0.29, 0.717) is 0 Å². The van der Waals surface area contributed by atoms with Crippen LogP contribution in [-0.2, 0) is 14.8 Å². The molecule has 1 aliphatic carbocycles. The molecule has 0 atom stereocenters. The van der Waals surface area contributed by atoms with Crippen LogP contribution in [-0.4, -0.2) is 37.4 Å². The van der Waals surface area contributed by atoms with Crippen LogP contribution < -0.4 is 15.4 Å². The number of rotatable bonds is 7. The lowest BCUT2D eigenvalue weighted by Gasteiger charge is -2.20. The maximum absolute atomic E-state index is 12.3. The highest BCUT2D eigenvalue weighted by Gasteiger charge is 2.26. The number of nitro groups is 1. The average molecular weight is 370 g/mol. The van der Waals surface area contributed by atoms with Gasteiger partial charge in [-0.3, -0.25) is 14.9 Å². The molecule has 0 saturated heterocycles. The predicted octanol–water partition coefficient (Wildman–Crippen LogP) is 1.36. The second kappa shape index (κ2) is 6.96. The van der Waals surface area contributed by atoms with Crippen LogP contribution in [0.1, 0.15) is 33.6 Å². The second-order valence-corrected chi connectivity index (χ2v) is 8.67. The molecule has 1 amide bonds. The normalized spacial score (nSPS) is 14.8. The van der Waals surface area contributed by atoms with E-state index >= 15 is 0 Å². The summed E-state index contributed by atoms with van der Waals surface area (Å²) in [6, 6.07) is 3.73. The van der Waals surface area contributed by atoms with E-state index in [2.05, 4.69) is 15.4 Å². The van der Waals surface area contributed by atoms with Gasteiger partial charge in [0.1, 0.15) is 5.69 Å². The van der Waals surface area contributed by atoms with Crippen molar-refractivity contribution in [3.63, 3.8) is 0 Å². The van der Waals surface area contributed by atoms with Crippen molar-refractivity contribution < 1.29 is 18.1 Å². The molecule has 3 N–H and O–H groups in total. The largest absolute Gasteiger partial charge is 0.371 e. The Morgan fingerprint density at radius 1 is 1.32 bits per heavy atom. The number of nitrogens with zero attached hydrogens (tertiary/aromatic N) is 1. The zero-order valence-electron chi connectivity index (χ0n) is 14.3. The first-order chi connectivity index (χ1) is 11.5. The van der Waals surface area contributed by atoms with Crippen molar-refractivity contribution in [1.82, 2.24) is 10.0 Å². The van der Waals surface area contributed by atoms with Gasteiger partial charge in [-0.15, -0.1) is 0 Å². The SMILES string of the molecule is CC(C)(C)NS(=O)(=O)c1ccc(NCC(=O)NC2CC2)c([N+](=O)[O-])c1. The minimum Gasteiger partial charge on any atom is -0.371 e. The third-order valence-corrected chi connectivity index (χ3v) is 5.05. The molecular formula is C15H22N4O5S. The van der Waals surface area contributed by atoms with Gasteiger partial charge in [0.25, 0.3) is 5.69 Å². The van der Waals surface area contributed by atoms with E-state index < -0.39 is 26.2 Å². The van der Waals surface area contributed by atoms with Crippen molar-refractivity contribution >= 4 is 27.3 Å². The van der Waals surface area contributed by atoms with Crippen LogP contribution in [0.3, 0.4) is 0 Å². The molecule has 0 bridgehead atoms. The molecule has 1 saturated carbocycles. The third kappa shape index (κ3) is 5.68. The lowest BCUT2D eigenvalue weighted by molar-refractivity contribution is -0.384. The number of hydrogen-bond donors (Lipinski definition) is 3. The van der Waals surface area contributed by atoms with E-state index in [1.165, 1.54) is 12.1 Å². The summed E-state index contributed by atoms with van der Waals surface area (Å²) in [5.74, 6) is -0.261. The molecule has 25 heavy (non-hydrogen) atoms. The number of nitro benzene ring substituents is 1.